The van der Waals surface area contributed by atoms with Gasteiger partial charge in [-0.05, 0) is 15.9 Å². The second-order valence-corrected chi connectivity index (χ2v) is 3.68. The van der Waals surface area contributed by atoms with E-state index in [1.54, 1.807) is 17.9 Å². The Bertz CT molecular complexity index is 318. The lowest BCUT2D eigenvalue weighted by Gasteiger charge is -2.13. The van der Waals surface area contributed by atoms with E-state index >= 15 is 0 Å². The van der Waals surface area contributed by atoms with Crippen LogP contribution in [-0.4, -0.2) is 28.0 Å². The smallest absolute Gasteiger partial charge is 0.306 e. The summed E-state index contributed by atoms with van der Waals surface area (Å²) in [6, 6.07) is 0. The van der Waals surface area contributed by atoms with Crippen LogP contribution in [0.2, 0.25) is 0 Å². The molecule has 1 rings (SSSR count). The van der Waals surface area contributed by atoms with E-state index < -0.39 is 12.1 Å². The molecule has 0 aliphatic rings. The number of carboxylic acid groups (broad SMARTS) is 1. The summed E-state index contributed by atoms with van der Waals surface area (Å²) >= 11 is 3.29. The van der Waals surface area contributed by atoms with Crippen LogP contribution in [0.25, 0.3) is 0 Å². The first-order valence-corrected chi connectivity index (χ1v) is 4.77. The standard InChI is InChI=1S/C8H11BrN2O3/c1-11-8(5(9)4-10-11)6(14-2)3-7(12)13/h4,6H,3H2,1-2H3,(H,12,13). The van der Waals surface area contributed by atoms with Crippen molar-refractivity contribution < 1.29 is 14.6 Å². The van der Waals surface area contributed by atoms with Gasteiger partial charge >= 0.3 is 5.97 Å². The lowest BCUT2D eigenvalue weighted by atomic mass is 10.2. The third-order valence-electron chi connectivity index (χ3n) is 1.89. The Morgan fingerprint density at radius 1 is 1.86 bits per heavy atom. The average Bonchev–Trinajstić information content (AvgIpc) is 2.43. The summed E-state index contributed by atoms with van der Waals surface area (Å²) in [6.45, 7) is 0. The van der Waals surface area contributed by atoms with Gasteiger partial charge in [0, 0.05) is 14.2 Å². The minimum absolute atomic E-state index is 0.0748. The molecular formula is C8H11BrN2O3. The average molecular weight is 263 g/mol. The highest BCUT2D eigenvalue weighted by Crippen LogP contribution is 2.27. The first-order valence-electron chi connectivity index (χ1n) is 3.98. The highest BCUT2D eigenvalue weighted by atomic mass is 79.9. The lowest BCUT2D eigenvalue weighted by Crippen LogP contribution is -2.12. The van der Waals surface area contributed by atoms with Gasteiger partial charge < -0.3 is 9.84 Å². The van der Waals surface area contributed by atoms with Crippen molar-refractivity contribution in [1.82, 2.24) is 9.78 Å². The van der Waals surface area contributed by atoms with Crippen molar-refractivity contribution in [3.8, 4) is 0 Å². The molecule has 1 heterocycles. The van der Waals surface area contributed by atoms with Crippen LogP contribution in [0.4, 0.5) is 0 Å². The molecule has 0 bridgehead atoms. The number of nitrogens with zero attached hydrogens (tertiary/aromatic N) is 2. The van der Waals surface area contributed by atoms with Gasteiger partial charge in [0.05, 0.1) is 22.8 Å². The molecule has 5 nitrogen and oxygen atoms in total. The maximum absolute atomic E-state index is 10.6. The SMILES string of the molecule is COC(CC(=O)O)c1c(Br)cnn1C. The van der Waals surface area contributed by atoms with Crippen molar-refractivity contribution >= 4 is 21.9 Å². The molecule has 6 heteroatoms. The number of carboxylic acids is 1. The number of hydrogen-bond donors (Lipinski definition) is 1. The molecule has 0 radical (unpaired) electrons. The largest absolute Gasteiger partial charge is 0.481 e. The molecule has 0 aromatic carbocycles. The van der Waals surface area contributed by atoms with E-state index in [1.807, 2.05) is 0 Å². The summed E-state index contributed by atoms with van der Waals surface area (Å²) in [5, 5.41) is 12.7. The van der Waals surface area contributed by atoms with Crippen LogP contribution in [0.15, 0.2) is 10.7 Å². The molecule has 1 aromatic rings. The van der Waals surface area contributed by atoms with Crippen LogP contribution in [-0.2, 0) is 16.6 Å². The fourth-order valence-corrected chi connectivity index (χ4v) is 1.84. The van der Waals surface area contributed by atoms with E-state index in [0.29, 0.717) is 0 Å². The van der Waals surface area contributed by atoms with Gasteiger partial charge in [-0.15, -0.1) is 0 Å². The number of aromatic nitrogens is 2. The number of ether oxygens (including phenoxy) is 1. The molecule has 0 aliphatic heterocycles. The van der Waals surface area contributed by atoms with Crippen LogP contribution in [0.3, 0.4) is 0 Å². The van der Waals surface area contributed by atoms with E-state index in [2.05, 4.69) is 21.0 Å². The third kappa shape index (κ3) is 2.33. The molecule has 0 saturated heterocycles. The predicted octanol–water partition coefficient (Wildman–Crippen LogP) is 1.34. The molecule has 0 amide bonds. The maximum Gasteiger partial charge on any atom is 0.306 e. The fourth-order valence-electron chi connectivity index (χ4n) is 1.23. The number of aliphatic carboxylic acids is 1. The Balaban J connectivity index is 2.94. The van der Waals surface area contributed by atoms with E-state index in [-0.39, 0.29) is 6.42 Å². The number of halogens is 1. The topological polar surface area (TPSA) is 64.3 Å². The Labute approximate surface area is 89.8 Å². The summed E-state index contributed by atoms with van der Waals surface area (Å²) in [4.78, 5) is 10.6. The normalized spacial score (nSPS) is 12.8. The van der Waals surface area contributed by atoms with Gasteiger partial charge in [0.15, 0.2) is 0 Å². The zero-order chi connectivity index (χ0) is 10.7. The predicted molar refractivity (Wildman–Crippen MR) is 52.9 cm³/mol. The van der Waals surface area contributed by atoms with Gasteiger partial charge in [0.25, 0.3) is 0 Å². The zero-order valence-electron chi connectivity index (χ0n) is 7.90. The maximum atomic E-state index is 10.6. The van der Waals surface area contributed by atoms with Crippen molar-refractivity contribution in [1.29, 1.82) is 0 Å². The minimum Gasteiger partial charge on any atom is -0.481 e. The molecule has 0 aliphatic carbocycles. The van der Waals surface area contributed by atoms with Crippen LogP contribution in [0.5, 0.6) is 0 Å². The minimum atomic E-state index is -0.898. The highest BCUT2D eigenvalue weighted by molar-refractivity contribution is 9.10. The number of hydrogen-bond acceptors (Lipinski definition) is 3. The molecule has 14 heavy (non-hydrogen) atoms. The van der Waals surface area contributed by atoms with Crippen LogP contribution in [0.1, 0.15) is 18.2 Å². The van der Waals surface area contributed by atoms with Gasteiger partial charge in [-0.3, -0.25) is 9.48 Å². The van der Waals surface area contributed by atoms with Gasteiger partial charge in [-0.25, -0.2) is 0 Å². The number of rotatable bonds is 4. The van der Waals surface area contributed by atoms with Gasteiger partial charge in [0.2, 0.25) is 0 Å². The Morgan fingerprint density at radius 2 is 2.50 bits per heavy atom. The molecule has 78 valence electrons. The first-order chi connectivity index (χ1) is 6.56. The third-order valence-corrected chi connectivity index (χ3v) is 2.50. The van der Waals surface area contributed by atoms with Crippen molar-refractivity contribution in [3.05, 3.63) is 16.4 Å². The molecular weight excluding hydrogens is 252 g/mol. The van der Waals surface area contributed by atoms with Gasteiger partial charge in [-0.2, -0.15) is 5.10 Å². The zero-order valence-corrected chi connectivity index (χ0v) is 9.48. The summed E-state index contributed by atoms with van der Waals surface area (Å²) < 4.78 is 7.45. The van der Waals surface area contributed by atoms with Gasteiger partial charge in [0.1, 0.15) is 6.10 Å². The summed E-state index contributed by atoms with van der Waals surface area (Å²) in [7, 11) is 3.22. The Kier molecular flexibility index (Phi) is 3.65. The van der Waals surface area contributed by atoms with Crippen LogP contribution >= 0.6 is 15.9 Å². The van der Waals surface area contributed by atoms with E-state index in [4.69, 9.17) is 9.84 Å². The van der Waals surface area contributed by atoms with E-state index in [0.717, 1.165) is 10.2 Å². The monoisotopic (exact) mass is 262 g/mol. The van der Waals surface area contributed by atoms with Gasteiger partial charge in [-0.1, -0.05) is 0 Å². The number of aryl methyl sites for hydroxylation is 1. The molecule has 1 aromatic heterocycles. The lowest BCUT2D eigenvalue weighted by molar-refractivity contribution is -0.140. The Hall–Kier alpha value is -0.880. The summed E-state index contributed by atoms with van der Waals surface area (Å²) in [6.07, 6.45) is 1.06. The Morgan fingerprint density at radius 3 is 2.86 bits per heavy atom. The van der Waals surface area contributed by atoms with E-state index in [9.17, 15) is 4.79 Å². The quantitative estimate of drug-likeness (QED) is 0.890. The highest BCUT2D eigenvalue weighted by Gasteiger charge is 2.21. The molecule has 1 N–H and O–H groups in total. The van der Waals surface area contributed by atoms with Crippen LogP contribution in [0, 0.1) is 0 Å². The van der Waals surface area contributed by atoms with E-state index in [1.165, 1.54) is 7.11 Å². The molecule has 0 fully saturated rings. The summed E-state index contributed by atoms with van der Waals surface area (Å²) in [5.41, 5.74) is 0.731. The summed E-state index contributed by atoms with van der Waals surface area (Å²) in [5.74, 6) is -0.898. The molecule has 1 unspecified atom stereocenters. The second-order valence-electron chi connectivity index (χ2n) is 2.82. The van der Waals surface area contributed by atoms with Crippen molar-refractivity contribution in [2.24, 2.45) is 7.05 Å². The first kappa shape index (κ1) is 11.2. The molecule has 0 spiro atoms. The second kappa shape index (κ2) is 4.56. The molecule has 1 atom stereocenters. The van der Waals surface area contributed by atoms with Crippen molar-refractivity contribution in [2.75, 3.05) is 7.11 Å². The van der Waals surface area contributed by atoms with Crippen molar-refractivity contribution in [3.63, 3.8) is 0 Å². The van der Waals surface area contributed by atoms with Crippen molar-refractivity contribution in [2.45, 2.75) is 12.5 Å². The number of carbonyl (C=O) groups is 1. The molecule has 0 saturated carbocycles. The van der Waals surface area contributed by atoms with Crippen LogP contribution < -0.4 is 0 Å². The number of methoxy groups -OCH3 is 1. The fraction of sp³-hybridized carbons (Fsp3) is 0.500.